The first kappa shape index (κ1) is 9.53. The van der Waals surface area contributed by atoms with Crippen molar-refractivity contribution in [1.29, 1.82) is 0 Å². The molecule has 1 aromatic carbocycles. The maximum atomic E-state index is 9.74. The van der Waals surface area contributed by atoms with Crippen LogP contribution < -0.4 is 0 Å². The van der Waals surface area contributed by atoms with Crippen molar-refractivity contribution < 1.29 is 5.11 Å². The molecule has 0 aliphatic heterocycles. The van der Waals surface area contributed by atoms with E-state index >= 15 is 0 Å². The zero-order valence-corrected chi connectivity index (χ0v) is 8.83. The summed E-state index contributed by atoms with van der Waals surface area (Å²) in [5.74, 6) is 0.467. The van der Waals surface area contributed by atoms with E-state index in [1.54, 1.807) is 6.07 Å². The summed E-state index contributed by atoms with van der Waals surface area (Å²) in [5, 5.41) is 9.74. The van der Waals surface area contributed by atoms with Crippen molar-refractivity contribution >= 4 is 0 Å². The smallest absolute Gasteiger partial charge is 0.119 e. The highest BCUT2D eigenvalue weighted by atomic mass is 16.3. The second kappa shape index (κ2) is 3.62. The van der Waals surface area contributed by atoms with E-state index in [-0.39, 0.29) is 0 Å². The van der Waals surface area contributed by atoms with Crippen LogP contribution in [0.2, 0.25) is 0 Å². The van der Waals surface area contributed by atoms with E-state index < -0.39 is 0 Å². The lowest BCUT2D eigenvalue weighted by molar-refractivity contribution is 0.266. The molecule has 1 aliphatic rings. The number of hydrogen-bond donors (Lipinski definition) is 1. The first-order chi connectivity index (χ1) is 6.70. The van der Waals surface area contributed by atoms with Crippen LogP contribution in [0, 0.1) is 0 Å². The lowest BCUT2D eigenvalue weighted by atomic mass is 9.86. The van der Waals surface area contributed by atoms with Crippen LogP contribution in [0.5, 0.6) is 5.75 Å². The van der Waals surface area contributed by atoms with Gasteiger partial charge in [-0.2, -0.15) is 0 Å². The van der Waals surface area contributed by atoms with Crippen LogP contribution in [0.25, 0.3) is 0 Å². The van der Waals surface area contributed by atoms with Gasteiger partial charge in [-0.25, -0.2) is 0 Å². The van der Waals surface area contributed by atoms with Gasteiger partial charge in [-0.1, -0.05) is 12.1 Å². The Bertz CT molecular complexity index is 333. The molecular formula is C12H17NO. The molecule has 0 bridgehead atoms. The number of aromatic hydroxyl groups is 1. The monoisotopic (exact) mass is 191 g/mol. The van der Waals surface area contributed by atoms with Gasteiger partial charge in [-0.05, 0) is 50.6 Å². The van der Waals surface area contributed by atoms with E-state index in [2.05, 4.69) is 25.1 Å². The number of benzene rings is 1. The second-order valence-corrected chi connectivity index (χ2v) is 4.22. The molecule has 0 amide bonds. The fourth-order valence-electron chi connectivity index (χ4n) is 2.34. The van der Waals surface area contributed by atoms with Crippen LogP contribution >= 0.6 is 0 Å². The quantitative estimate of drug-likeness (QED) is 0.736. The number of nitrogens with zero attached hydrogens (tertiary/aromatic N) is 1. The molecule has 2 nitrogen and oxygen atoms in total. The molecule has 0 spiro atoms. The summed E-state index contributed by atoms with van der Waals surface area (Å²) < 4.78 is 0. The van der Waals surface area contributed by atoms with E-state index in [9.17, 15) is 5.11 Å². The molecule has 0 fully saturated rings. The van der Waals surface area contributed by atoms with Crippen LogP contribution in [0.15, 0.2) is 18.2 Å². The zero-order valence-electron chi connectivity index (χ0n) is 8.83. The zero-order chi connectivity index (χ0) is 10.1. The molecule has 1 unspecified atom stereocenters. The maximum absolute atomic E-state index is 9.74. The Morgan fingerprint density at radius 3 is 2.86 bits per heavy atom. The molecule has 1 atom stereocenters. The summed E-state index contributed by atoms with van der Waals surface area (Å²) in [7, 11) is 4.20. The summed E-state index contributed by atoms with van der Waals surface area (Å²) in [6, 6.07) is 6.34. The molecule has 1 N–H and O–H groups in total. The summed E-state index contributed by atoms with van der Waals surface area (Å²) >= 11 is 0. The standard InChI is InChI=1S/C12H17NO/c1-13(2)11-7-3-6-10-9(11)5-4-8-12(10)14/h4-5,8,11,14H,3,6-7H2,1-2H3. The minimum Gasteiger partial charge on any atom is -0.508 e. The molecule has 0 heterocycles. The molecule has 0 radical (unpaired) electrons. The van der Waals surface area contributed by atoms with Gasteiger partial charge in [0.25, 0.3) is 0 Å². The fraction of sp³-hybridized carbons (Fsp3) is 0.500. The molecular weight excluding hydrogens is 174 g/mol. The summed E-state index contributed by atoms with van der Waals surface area (Å²) in [6.07, 6.45) is 3.39. The van der Waals surface area contributed by atoms with Crippen LogP contribution in [0.1, 0.15) is 30.0 Å². The predicted molar refractivity (Wildman–Crippen MR) is 57.5 cm³/mol. The molecule has 1 aliphatic carbocycles. The lowest BCUT2D eigenvalue weighted by Gasteiger charge is -2.31. The molecule has 1 aromatic rings. The minimum absolute atomic E-state index is 0.467. The van der Waals surface area contributed by atoms with Gasteiger partial charge in [0.2, 0.25) is 0 Å². The molecule has 2 heteroatoms. The molecule has 0 aromatic heterocycles. The van der Waals surface area contributed by atoms with Crippen molar-refractivity contribution in [2.75, 3.05) is 14.1 Å². The maximum Gasteiger partial charge on any atom is 0.119 e. The highest BCUT2D eigenvalue weighted by Gasteiger charge is 2.23. The normalized spacial score (nSPS) is 20.9. The van der Waals surface area contributed by atoms with E-state index in [0.717, 1.165) is 12.0 Å². The van der Waals surface area contributed by atoms with Crippen molar-refractivity contribution in [3.05, 3.63) is 29.3 Å². The SMILES string of the molecule is CN(C)C1CCCc2c(O)cccc21. The first-order valence-corrected chi connectivity index (χ1v) is 5.17. The van der Waals surface area contributed by atoms with Crippen molar-refractivity contribution in [2.45, 2.75) is 25.3 Å². The summed E-state index contributed by atoms with van der Waals surface area (Å²) in [5.41, 5.74) is 2.46. The second-order valence-electron chi connectivity index (χ2n) is 4.22. The van der Waals surface area contributed by atoms with Gasteiger partial charge in [-0.15, -0.1) is 0 Å². The highest BCUT2D eigenvalue weighted by molar-refractivity contribution is 5.42. The summed E-state index contributed by atoms with van der Waals surface area (Å²) in [4.78, 5) is 2.23. The van der Waals surface area contributed by atoms with Crippen molar-refractivity contribution in [1.82, 2.24) is 4.90 Å². The molecule has 2 rings (SSSR count). The molecule has 0 saturated heterocycles. The van der Waals surface area contributed by atoms with Gasteiger partial charge in [-0.3, -0.25) is 0 Å². The lowest BCUT2D eigenvalue weighted by Crippen LogP contribution is -2.24. The number of hydrogen-bond acceptors (Lipinski definition) is 2. The third-order valence-electron chi connectivity index (χ3n) is 3.07. The van der Waals surface area contributed by atoms with E-state index in [1.807, 2.05) is 6.07 Å². The van der Waals surface area contributed by atoms with Crippen molar-refractivity contribution in [3.8, 4) is 5.75 Å². The van der Waals surface area contributed by atoms with Gasteiger partial charge >= 0.3 is 0 Å². The van der Waals surface area contributed by atoms with Gasteiger partial charge < -0.3 is 10.0 Å². The fourth-order valence-corrected chi connectivity index (χ4v) is 2.34. The average Bonchev–Trinajstić information content (AvgIpc) is 2.17. The Morgan fingerprint density at radius 1 is 1.36 bits per heavy atom. The number of fused-ring (bicyclic) bond motifs is 1. The first-order valence-electron chi connectivity index (χ1n) is 5.17. The third-order valence-corrected chi connectivity index (χ3v) is 3.07. The largest absolute Gasteiger partial charge is 0.508 e. The average molecular weight is 191 g/mol. The van der Waals surface area contributed by atoms with E-state index in [4.69, 9.17) is 0 Å². The van der Waals surface area contributed by atoms with Crippen molar-refractivity contribution in [3.63, 3.8) is 0 Å². The van der Waals surface area contributed by atoms with Crippen molar-refractivity contribution in [2.24, 2.45) is 0 Å². The Morgan fingerprint density at radius 2 is 2.14 bits per heavy atom. The molecule has 0 saturated carbocycles. The summed E-state index contributed by atoms with van der Waals surface area (Å²) in [6.45, 7) is 0. The topological polar surface area (TPSA) is 23.5 Å². The van der Waals surface area contributed by atoms with Gasteiger partial charge in [0.1, 0.15) is 5.75 Å². The van der Waals surface area contributed by atoms with E-state index in [1.165, 1.54) is 18.4 Å². The van der Waals surface area contributed by atoms with Gasteiger partial charge in [0, 0.05) is 6.04 Å². The Balaban J connectivity index is 2.44. The molecule has 14 heavy (non-hydrogen) atoms. The van der Waals surface area contributed by atoms with E-state index in [0.29, 0.717) is 11.8 Å². The number of phenols is 1. The third kappa shape index (κ3) is 1.50. The minimum atomic E-state index is 0.467. The Labute approximate surface area is 85.2 Å². The van der Waals surface area contributed by atoms with Crippen LogP contribution in [-0.2, 0) is 6.42 Å². The Kier molecular flexibility index (Phi) is 2.46. The van der Waals surface area contributed by atoms with Crippen LogP contribution in [-0.4, -0.2) is 24.1 Å². The Hall–Kier alpha value is -1.02. The molecule has 76 valence electrons. The predicted octanol–water partition coefficient (Wildman–Crippen LogP) is 2.33. The number of phenolic OH excluding ortho intramolecular Hbond substituents is 1. The van der Waals surface area contributed by atoms with Gasteiger partial charge in [0.15, 0.2) is 0 Å². The van der Waals surface area contributed by atoms with Crippen LogP contribution in [0.4, 0.5) is 0 Å². The van der Waals surface area contributed by atoms with Gasteiger partial charge in [0.05, 0.1) is 0 Å². The van der Waals surface area contributed by atoms with Crippen LogP contribution in [0.3, 0.4) is 0 Å². The highest BCUT2D eigenvalue weighted by Crippen LogP contribution is 2.36. The number of rotatable bonds is 1.